The van der Waals surface area contributed by atoms with Crippen molar-refractivity contribution in [3.05, 3.63) is 52.1 Å². The molecule has 6 heteroatoms. The molecule has 4 nitrogen and oxygen atoms in total. The Bertz CT molecular complexity index is 745. The number of benzene rings is 2. The fraction of sp³-hybridized carbons (Fsp3) is 0.222. The number of carbonyl (C=O) groups excluding carboxylic acids is 2. The summed E-state index contributed by atoms with van der Waals surface area (Å²) >= 11 is 3.68. The largest absolute Gasteiger partial charge is 0.326 e. The van der Waals surface area contributed by atoms with Gasteiger partial charge in [-0.15, -0.1) is 11.8 Å². The molecule has 0 unspecified atom stereocenters. The summed E-state index contributed by atoms with van der Waals surface area (Å²) in [4.78, 5) is 24.8. The second kappa shape index (κ2) is 8.02. The summed E-state index contributed by atoms with van der Waals surface area (Å²) in [5.74, 6) is 0.551. The molecule has 1 aliphatic rings. The molecule has 0 atom stereocenters. The Morgan fingerprint density at radius 2 is 1.79 bits per heavy atom. The van der Waals surface area contributed by atoms with Crippen LogP contribution in [0.3, 0.4) is 0 Å². The monoisotopic (exact) mass is 452 g/mol. The molecule has 0 aliphatic heterocycles. The van der Waals surface area contributed by atoms with Crippen LogP contribution in [-0.2, 0) is 9.59 Å². The van der Waals surface area contributed by atoms with Crippen molar-refractivity contribution in [1.82, 2.24) is 0 Å². The van der Waals surface area contributed by atoms with Gasteiger partial charge in [-0.05, 0) is 77.9 Å². The number of rotatable bonds is 6. The van der Waals surface area contributed by atoms with Crippen molar-refractivity contribution >= 4 is 57.5 Å². The van der Waals surface area contributed by atoms with E-state index in [2.05, 4.69) is 33.2 Å². The normalized spacial score (nSPS) is 13.4. The van der Waals surface area contributed by atoms with Gasteiger partial charge in [0.25, 0.3) is 0 Å². The lowest BCUT2D eigenvalue weighted by Gasteiger charge is -2.08. The summed E-state index contributed by atoms with van der Waals surface area (Å²) in [7, 11) is 0. The maximum atomic E-state index is 12.0. The van der Waals surface area contributed by atoms with E-state index in [1.807, 2.05) is 48.5 Å². The van der Waals surface area contributed by atoms with Gasteiger partial charge < -0.3 is 10.6 Å². The lowest BCUT2D eigenvalue weighted by atomic mass is 10.3. The molecule has 1 fully saturated rings. The SMILES string of the molecule is O=C(CSc1cccc(NC(=O)C2CC2)c1)Nc1ccc(I)cc1. The average Bonchev–Trinajstić information content (AvgIpc) is 3.41. The Hall–Kier alpha value is -1.54. The van der Waals surface area contributed by atoms with Crippen molar-refractivity contribution in [2.45, 2.75) is 17.7 Å². The van der Waals surface area contributed by atoms with Crippen LogP contribution in [0.5, 0.6) is 0 Å². The third-order valence-electron chi connectivity index (χ3n) is 3.55. The van der Waals surface area contributed by atoms with Crippen LogP contribution in [0.25, 0.3) is 0 Å². The lowest BCUT2D eigenvalue weighted by molar-refractivity contribution is -0.117. The molecule has 2 aromatic rings. The quantitative estimate of drug-likeness (QED) is 0.506. The average molecular weight is 452 g/mol. The summed E-state index contributed by atoms with van der Waals surface area (Å²) in [6, 6.07) is 15.3. The van der Waals surface area contributed by atoms with Crippen LogP contribution in [0.1, 0.15) is 12.8 Å². The summed E-state index contributed by atoms with van der Waals surface area (Å²) in [6.45, 7) is 0. The maximum Gasteiger partial charge on any atom is 0.234 e. The smallest absolute Gasteiger partial charge is 0.234 e. The fourth-order valence-electron chi connectivity index (χ4n) is 2.13. The first-order valence-corrected chi connectivity index (χ1v) is 9.76. The highest BCUT2D eigenvalue weighted by atomic mass is 127. The first-order valence-electron chi connectivity index (χ1n) is 7.69. The predicted molar refractivity (Wildman–Crippen MR) is 106 cm³/mol. The minimum Gasteiger partial charge on any atom is -0.326 e. The number of amides is 2. The number of hydrogen-bond donors (Lipinski definition) is 2. The summed E-state index contributed by atoms with van der Waals surface area (Å²) in [5.41, 5.74) is 1.58. The van der Waals surface area contributed by atoms with Gasteiger partial charge in [0, 0.05) is 25.8 Å². The predicted octanol–water partition coefficient (Wildman–Crippen LogP) is 4.37. The fourth-order valence-corrected chi connectivity index (χ4v) is 3.25. The molecule has 124 valence electrons. The molecule has 1 saturated carbocycles. The second-order valence-corrected chi connectivity index (χ2v) is 7.93. The molecule has 2 amide bonds. The van der Waals surface area contributed by atoms with E-state index in [0.29, 0.717) is 5.75 Å². The van der Waals surface area contributed by atoms with Gasteiger partial charge in [0.2, 0.25) is 11.8 Å². The molecular formula is C18H17IN2O2S. The number of halogens is 1. The van der Waals surface area contributed by atoms with E-state index in [1.54, 1.807) is 0 Å². The van der Waals surface area contributed by atoms with Crippen molar-refractivity contribution in [3.8, 4) is 0 Å². The summed E-state index contributed by atoms with van der Waals surface area (Å²) < 4.78 is 1.13. The highest BCUT2D eigenvalue weighted by Crippen LogP contribution is 2.30. The standard InChI is InChI=1S/C18H17IN2O2S/c19-13-6-8-14(9-7-13)20-17(22)11-24-16-3-1-2-15(10-16)21-18(23)12-4-5-12/h1-3,6-10,12H,4-5,11H2,(H,20,22)(H,21,23). The Morgan fingerprint density at radius 3 is 2.50 bits per heavy atom. The van der Waals surface area contributed by atoms with Crippen molar-refractivity contribution in [3.63, 3.8) is 0 Å². The van der Waals surface area contributed by atoms with Gasteiger partial charge in [-0.1, -0.05) is 6.07 Å². The van der Waals surface area contributed by atoms with Crippen molar-refractivity contribution in [1.29, 1.82) is 0 Å². The van der Waals surface area contributed by atoms with Gasteiger partial charge in [-0.3, -0.25) is 9.59 Å². The number of nitrogens with one attached hydrogen (secondary N) is 2. The van der Waals surface area contributed by atoms with E-state index in [1.165, 1.54) is 11.8 Å². The van der Waals surface area contributed by atoms with Crippen LogP contribution in [0.15, 0.2) is 53.4 Å². The van der Waals surface area contributed by atoms with Crippen LogP contribution in [0.4, 0.5) is 11.4 Å². The van der Waals surface area contributed by atoms with Gasteiger partial charge in [-0.25, -0.2) is 0 Å². The highest BCUT2D eigenvalue weighted by Gasteiger charge is 2.29. The molecule has 24 heavy (non-hydrogen) atoms. The van der Waals surface area contributed by atoms with E-state index < -0.39 is 0 Å². The van der Waals surface area contributed by atoms with Crippen LogP contribution in [0.2, 0.25) is 0 Å². The van der Waals surface area contributed by atoms with Gasteiger partial charge in [0.1, 0.15) is 0 Å². The molecule has 0 aromatic heterocycles. The summed E-state index contributed by atoms with van der Waals surface area (Å²) in [6.07, 6.45) is 1.97. The molecule has 2 aromatic carbocycles. The molecular weight excluding hydrogens is 435 g/mol. The number of hydrogen-bond acceptors (Lipinski definition) is 3. The Kier molecular flexibility index (Phi) is 5.78. The van der Waals surface area contributed by atoms with Gasteiger partial charge in [-0.2, -0.15) is 0 Å². The van der Waals surface area contributed by atoms with Crippen LogP contribution >= 0.6 is 34.4 Å². The van der Waals surface area contributed by atoms with Crippen LogP contribution in [0, 0.1) is 9.49 Å². The zero-order valence-corrected chi connectivity index (χ0v) is 15.9. The number of anilines is 2. The maximum absolute atomic E-state index is 12.0. The zero-order chi connectivity index (χ0) is 16.9. The van der Waals surface area contributed by atoms with Gasteiger partial charge in [0.15, 0.2) is 0 Å². The van der Waals surface area contributed by atoms with E-state index in [0.717, 1.165) is 32.7 Å². The Balaban J connectivity index is 1.51. The number of thioether (sulfide) groups is 1. The molecule has 0 saturated heterocycles. The van der Waals surface area contributed by atoms with E-state index in [9.17, 15) is 9.59 Å². The summed E-state index contributed by atoms with van der Waals surface area (Å²) in [5, 5.41) is 5.80. The topological polar surface area (TPSA) is 58.2 Å². The molecule has 0 radical (unpaired) electrons. The van der Waals surface area contributed by atoms with Crippen molar-refractivity contribution < 1.29 is 9.59 Å². The molecule has 1 aliphatic carbocycles. The lowest BCUT2D eigenvalue weighted by Crippen LogP contribution is -2.14. The van der Waals surface area contributed by atoms with Crippen molar-refractivity contribution in [2.75, 3.05) is 16.4 Å². The first kappa shape index (κ1) is 17.3. The van der Waals surface area contributed by atoms with E-state index in [-0.39, 0.29) is 17.7 Å². The molecule has 0 heterocycles. The first-order chi connectivity index (χ1) is 11.6. The molecule has 3 rings (SSSR count). The minimum atomic E-state index is -0.0476. The van der Waals surface area contributed by atoms with Crippen LogP contribution in [-0.4, -0.2) is 17.6 Å². The second-order valence-electron chi connectivity index (χ2n) is 5.64. The highest BCUT2D eigenvalue weighted by molar-refractivity contribution is 14.1. The zero-order valence-electron chi connectivity index (χ0n) is 12.9. The molecule has 0 bridgehead atoms. The van der Waals surface area contributed by atoms with E-state index in [4.69, 9.17) is 0 Å². The van der Waals surface area contributed by atoms with Crippen molar-refractivity contribution in [2.24, 2.45) is 5.92 Å². The Labute approximate surface area is 158 Å². The van der Waals surface area contributed by atoms with Crippen LogP contribution < -0.4 is 10.6 Å². The third kappa shape index (κ3) is 5.24. The molecule has 2 N–H and O–H groups in total. The Morgan fingerprint density at radius 1 is 1.04 bits per heavy atom. The molecule has 0 spiro atoms. The number of carbonyl (C=O) groups is 2. The van der Waals surface area contributed by atoms with E-state index >= 15 is 0 Å². The minimum absolute atomic E-state index is 0.0476. The van der Waals surface area contributed by atoms with Gasteiger partial charge >= 0.3 is 0 Å². The third-order valence-corrected chi connectivity index (χ3v) is 5.26. The van der Waals surface area contributed by atoms with Gasteiger partial charge in [0.05, 0.1) is 5.75 Å².